The molecule has 0 bridgehead atoms. The van der Waals surface area contributed by atoms with Crippen molar-refractivity contribution in [2.75, 3.05) is 20.2 Å². The van der Waals surface area contributed by atoms with E-state index < -0.39 is 23.8 Å². The Kier molecular flexibility index (Phi) is 9.29. The van der Waals surface area contributed by atoms with Crippen LogP contribution in [0.5, 0.6) is 5.75 Å². The molecule has 2 aromatic rings. The van der Waals surface area contributed by atoms with E-state index in [1.165, 1.54) is 0 Å². The lowest BCUT2D eigenvalue weighted by Gasteiger charge is -2.45. The highest BCUT2D eigenvalue weighted by Gasteiger charge is 2.43. The monoisotopic (exact) mass is 575 g/mol. The minimum absolute atomic E-state index is 0.0310. The van der Waals surface area contributed by atoms with Crippen LogP contribution < -0.4 is 4.74 Å². The Morgan fingerprint density at radius 1 is 0.949 bits per heavy atom. The number of piperidine rings is 1. The second-order valence-electron chi connectivity index (χ2n) is 12.9. The van der Waals surface area contributed by atoms with Crippen LogP contribution in [0.1, 0.15) is 53.5 Å². The van der Waals surface area contributed by atoms with Crippen molar-refractivity contribution in [3.63, 3.8) is 0 Å². The van der Waals surface area contributed by atoms with E-state index in [1.807, 2.05) is 32.9 Å². The summed E-state index contributed by atoms with van der Waals surface area (Å²) in [5, 5.41) is 0.0310. The summed E-state index contributed by atoms with van der Waals surface area (Å²) >= 11 is 0. The summed E-state index contributed by atoms with van der Waals surface area (Å²) in [6, 6.07) is 13.5. The molecule has 0 spiro atoms. The molecule has 1 aliphatic rings. The first-order chi connectivity index (χ1) is 17.9. The first-order valence-electron chi connectivity index (χ1n) is 13.6. The number of likely N-dealkylation sites (tertiary alicyclic amines) is 1. The minimum atomic E-state index is -3.63. The van der Waals surface area contributed by atoms with E-state index in [9.17, 15) is 13.2 Å². The number of hydrogen-bond donors (Lipinski definition) is 0. The lowest BCUT2D eigenvalue weighted by atomic mass is 9.88. The third kappa shape index (κ3) is 7.86. The molecule has 0 unspecified atom stereocenters. The highest BCUT2D eigenvalue weighted by Crippen LogP contribution is 2.39. The number of rotatable bonds is 7. The van der Waals surface area contributed by atoms with E-state index in [4.69, 9.17) is 13.9 Å². The van der Waals surface area contributed by atoms with Crippen molar-refractivity contribution in [2.45, 2.75) is 94.0 Å². The van der Waals surface area contributed by atoms with Gasteiger partial charge >= 0.3 is 6.09 Å². The fourth-order valence-electron chi connectivity index (χ4n) is 4.38. The average Bonchev–Trinajstić information content (AvgIpc) is 2.83. The first-order valence-corrected chi connectivity index (χ1v) is 18.0. The van der Waals surface area contributed by atoms with Gasteiger partial charge in [0.1, 0.15) is 11.4 Å². The van der Waals surface area contributed by atoms with Crippen LogP contribution in [0.4, 0.5) is 4.79 Å². The van der Waals surface area contributed by atoms with Crippen molar-refractivity contribution in [3.05, 3.63) is 54.1 Å². The molecule has 0 N–H and O–H groups in total. The number of ether oxygens (including phenoxy) is 2. The molecule has 3 rings (SSSR count). The number of hydrogen-bond acceptors (Lipinski definition) is 6. The van der Waals surface area contributed by atoms with Gasteiger partial charge in [-0.1, -0.05) is 32.9 Å². The summed E-state index contributed by atoms with van der Waals surface area (Å²) in [7, 11) is -4.19. The van der Waals surface area contributed by atoms with Gasteiger partial charge in [-0.2, -0.15) is 0 Å². The van der Waals surface area contributed by atoms with Crippen molar-refractivity contribution in [3.8, 4) is 5.75 Å². The van der Waals surface area contributed by atoms with E-state index in [2.05, 4.69) is 33.9 Å². The lowest BCUT2D eigenvalue weighted by Crippen LogP contribution is -2.54. The largest absolute Gasteiger partial charge is 0.497 e. The number of nitrogens with zero attached hydrogens (tertiary/aromatic N) is 1. The molecule has 0 aliphatic carbocycles. The molecular formula is C30H45NO6SSi. The van der Waals surface area contributed by atoms with Crippen molar-refractivity contribution >= 4 is 24.2 Å². The third-order valence-corrected chi connectivity index (χ3v) is 14.0. The van der Waals surface area contributed by atoms with E-state index >= 15 is 0 Å². The Bertz CT molecular complexity index is 1230. The summed E-state index contributed by atoms with van der Waals surface area (Å²) in [6.07, 6.45) is 1.09. The average molecular weight is 576 g/mol. The molecule has 1 amide bonds. The van der Waals surface area contributed by atoms with Crippen molar-refractivity contribution in [2.24, 2.45) is 5.92 Å². The number of benzene rings is 2. The van der Waals surface area contributed by atoms with Gasteiger partial charge in [-0.25, -0.2) is 13.2 Å². The van der Waals surface area contributed by atoms with Gasteiger partial charge in [0.25, 0.3) is 0 Å². The molecule has 2 aromatic carbocycles. The maximum absolute atomic E-state index is 13.1. The fraction of sp³-hybridized carbons (Fsp3) is 0.567. The molecule has 0 radical (unpaired) electrons. The Morgan fingerprint density at radius 2 is 1.49 bits per heavy atom. The topological polar surface area (TPSA) is 82.1 Å². The molecule has 216 valence electrons. The molecule has 1 saturated heterocycles. The maximum atomic E-state index is 13.1. The number of methoxy groups -OCH3 is 1. The van der Waals surface area contributed by atoms with Gasteiger partial charge in [-0.15, -0.1) is 0 Å². The van der Waals surface area contributed by atoms with Gasteiger partial charge in [-0.05, 0) is 99.6 Å². The molecule has 0 aromatic heterocycles. The standard InChI is InChI=1S/C30H45NO6SSi/c1-29(2,3)36-28(32)31-19-18-23(27(21-31)37-39(8,9)30(4,5)6)20-22-10-14-25(15-11-22)38(33,34)26-16-12-24(35-7)13-17-26/h10-17,23,27H,18-21H2,1-9H3/t23-,27-/m0/s1. The summed E-state index contributed by atoms with van der Waals surface area (Å²) < 4.78 is 43.9. The molecule has 2 atom stereocenters. The smallest absolute Gasteiger partial charge is 0.410 e. The van der Waals surface area contributed by atoms with Crippen LogP contribution in [0.3, 0.4) is 0 Å². The second kappa shape index (κ2) is 11.6. The minimum Gasteiger partial charge on any atom is -0.497 e. The van der Waals surface area contributed by atoms with Crippen molar-refractivity contribution < 1.29 is 27.1 Å². The van der Waals surface area contributed by atoms with Gasteiger partial charge in [0.05, 0.1) is 23.0 Å². The van der Waals surface area contributed by atoms with Gasteiger partial charge in [0, 0.05) is 13.1 Å². The van der Waals surface area contributed by atoms with Crippen LogP contribution in [0.2, 0.25) is 18.1 Å². The van der Waals surface area contributed by atoms with Gasteiger partial charge in [0.2, 0.25) is 9.84 Å². The van der Waals surface area contributed by atoms with Crippen LogP contribution in [0.15, 0.2) is 58.3 Å². The van der Waals surface area contributed by atoms with Crippen molar-refractivity contribution in [1.29, 1.82) is 0 Å². The summed E-state index contributed by atoms with van der Waals surface area (Å²) in [5.74, 6) is 0.804. The SMILES string of the molecule is COc1ccc(S(=O)(=O)c2ccc(C[C@@H]3CCN(C(=O)OC(C)(C)C)C[C@@H]3O[Si](C)(C)C(C)(C)C)cc2)cc1. The zero-order chi connectivity index (χ0) is 29.2. The molecule has 7 nitrogen and oxygen atoms in total. The summed E-state index contributed by atoms with van der Waals surface area (Å²) in [4.78, 5) is 15.1. The Morgan fingerprint density at radius 3 is 1.97 bits per heavy atom. The lowest BCUT2D eigenvalue weighted by molar-refractivity contribution is -0.00881. The van der Waals surface area contributed by atoms with E-state index in [1.54, 1.807) is 48.4 Å². The van der Waals surface area contributed by atoms with Crippen LogP contribution in [-0.2, 0) is 25.4 Å². The quantitative estimate of drug-likeness (QED) is 0.341. The maximum Gasteiger partial charge on any atom is 0.410 e. The Hall–Kier alpha value is -2.36. The first kappa shape index (κ1) is 31.2. The summed E-state index contributed by atoms with van der Waals surface area (Å²) in [6.45, 7) is 17.8. The van der Waals surface area contributed by atoms with Crippen LogP contribution >= 0.6 is 0 Å². The highest BCUT2D eigenvalue weighted by molar-refractivity contribution is 7.91. The molecule has 1 aliphatic heterocycles. The highest BCUT2D eigenvalue weighted by atomic mass is 32.2. The predicted molar refractivity (Wildman–Crippen MR) is 157 cm³/mol. The van der Waals surface area contributed by atoms with E-state index in [0.29, 0.717) is 18.8 Å². The van der Waals surface area contributed by atoms with Crippen LogP contribution in [0, 0.1) is 5.92 Å². The Labute approximate surface area is 235 Å². The molecule has 1 fully saturated rings. The molecular weight excluding hydrogens is 530 g/mol. The zero-order valence-electron chi connectivity index (χ0n) is 24.9. The summed E-state index contributed by atoms with van der Waals surface area (Å²) in [5.41, 5.74) is 0.487. The third-order valence-electron chi connectivity index (χ3n) is 7.70. The zero-order valence-corrected chi connectivity index (χ0v) is 26.7. The molecule has 9 heteroatoms. The number of sulfone groups is 1. The van der Waals surface area contributed by atoms with Crippen molar-refractivity contribution in [1.82, 2.24) is 4.90 Å². The number of amides is 1. The number of carbonyl (C=O) groups is 1. The van der Waals surface area contributed by atoms with Crippen LogP contribution in [0.25, 0.3) is 0 Å². The van der Waals surface area contributed by atoms with E-state index in [-0.39, 0.29) is 32.9 Å². The Balaban J connectivity index is 1.79. The number of carbonyl (C=O) groups excluding carboxylic acids is 1. The molecule has 0 saturated carbocycles. The molecule has 1 heterocycles. The van der Waals surface area contributed by atoms with Gasteiger partial charge < -0.3 is 18.8 Å². The van der Waals surface area contributed by atoms with Gasteiger partial charge in [0.15, 0.2) is 8.32 Å². The second-order valence-corrected chi connectivity index (χ2v) is 19.6. The van der Waals surface area contributed by atoms with E-state index in [0.717, 1.165) is 18.4 Å². The van der Waals surface area contributed by atoms with Gasteiger partial charge in [-0.3, -0.25) is 0 Å². The normalized spacial score (nSPS) is 19.1. The fourth-order valence-corrected chi connectivity index (χ4v) is 7.02. The molecule has 39 heavy (non-hydrogen) atoms. The predicted octanol–water partition coefficient (Wildman–Crippen LogP) is 6.72. The van der Waals surface area contributed by atoms with Crippen LogP contribution in [-0.4, -0.2) is 59.6 Å².